The number of likely N-dealkylation sites (tertiary alicyclic amines) is 1. The van der Waals surface area contributed by atoms with Gasteiger partial charge in [-0.1, -0.05) is 12.8 Å². The topological polar surface area (TPSA) is 37.4 Å². The van der Waals surface area contributed by atoms with Crippen molar-refractivity contribution in [2.45, 2.75) is 38.5 Å². The average Bonchev–Trinajstić information content (AvgIpc) is 2.62. The number of carbonyl (C=O) groups excluding carboxylic acids is 2. The van der Waals surface area contributed by atoms with Crippen LogP contribution in [0.1, 0.15) is 38.5 Å². The lowest BCUT2D eigenvalue weighted by Gasteiger charge is -2.28. The van der Waals surface area contributed by atoms with Crippen LogP contribution in [0.5, 0.6) is 0 Å². The highest BCUT2D eigenvalue weighted by Crippen LogP contribution is 2.26. The number of piperidine rings is 1. The smallest absolute Gasteiger partial charge is 0.230 e. The number of hydrogen-bond acceptors (Lipinski definition) is 2. The largest absolute Gasteiger partial charge is 0.342 e. The zero-order chi connectivity index (χ0) is 9.97. The Morgan fingerprint density at radius 3 is 2.57 bits per heavy atom. The van der Waals surface area contributed by atoms with Gasteiger partial charge in [0.15, 0.2) is 0 Å². The molecular formula is C11H17NO2. The third-order valence-corrected chi connectivity index (χ3v) is 3.31. The summed E-state index contributed by atoms with van der Waals surface area (Å²) in [5.74, 6) is 0.859. The van der Waals surface area contributed by atoms with Crippen molar-refractivity contribution in [1.29, 1.82) is 0 Å². The van der Waals surface area contributed by atoms with Gasteiger partial charge in [-0.2, -0.15) is 0 Å². The Morgan fingerprint density at radius 2 is 1.93 bits per heavy atom. The van der Waals surface area contributed by atoms with E-state index in [0.29, 0.717) is 18.9 Å². The van der Waals surface area contributed by atoms with Crippen molar-refractivity contribution in [3.63, 3.8) is 0 Å². The molecule has 3 nitrogen and oxygen atoms in total. The number of nitrogens with zero attached hydrogens (tertiary/aromatic N) is 1. The van der Waals surface area contributed by atoms with Crippen LogP contribution in [0.15, 0.2) is 0 Å². The predicted molar refractivity (Wildman–Crippen MR) is 52.8 cm³/mol. The summed E-state index contributed by atoms with van der Waals surface area (Å²) in [6.07, 6.45) is 5.86. The van der Waals surface area contributed by atoms with Gasteiger partial charge in [0.25, 0.3) is 0 Å². The molecule has 1 amide bonds. The first-order valence-corrected chi connectivity index (χ1v) is 5.55. The van der Waals surface area contributed by atoms with Crippen molar-refractivity contribution in [2.24, 2.45) is 5.92 Å². The molecule has 1 aliphatic heterocycles. The van der Waals surface area contributed by atoms with Gasteiger partial charge in [-0.3, -0.25) is 9.59 Å². The maximum absolute atomic E-state index is 11.5. The lowest BCUT2D eigenvalue weighted by molar-refractivity contribution is -0.139. The van der Waals surface area contributed by atoms with Crippen LogP contribution in [0.25, 0.3) is 0 Å². The average molecular weight is 195 g/mol. The van der Waals surface area contributed by atoms with Crippen molar-refractivity contribution in [3.05, 3.63) is 0 Å². The number of hydrogen-bond donors (Lipinski definition) is 0. The van der Waals surface area contributed by atoms with Crippen LogP contribution in [0.2, 0.25) is 0 Å². The molecule has 2 aliphatic rings. The lowest BCUT2D eigenvalue weighted by atomic mass is 10.0. The van der Waals surface area contributed by atoms with E-state index in [0.717, 1.165) is 6.54 Å². The van der Waals surface area contributed by atoms with E-state index in [1.165, 1.54) is 25.7 Å². The Balaban J connectivity index is 1.85. The molecule has 14 heavy (non-hydrogen) atoms. The molecule has 0 radical (unpaired) electrons. The number of ketones is 1. The van der Waals surface area contributed by atoms with E-state index in [9.17, 15) is 9.59 Å². The summed E-state index contributed by atoms with van der Waals surface area (Å²) in [4.78, 5) is 24.4. The van der Waals surface area contributed by atoms with Crippen molar-refractivity contribution in [1.82, 2.24) is 4.90 Å². The summed E-state index contributed by atoms with van der Waals surface area (Å²) in [7, 11) is 0. The molecule has 0 aromatic carbocycles. The minimum Gasteiger partial charge on any atom is -0.342 e. The fourth-order valence-corrected chi connectivity index (χ4v) is 2.45. The van der Waals surface area contributed by atoms with Gasteiger partial charge in [0.1, 0.15) is 5.78 Å². The molecule has 1 saturated carbocycles. The van der Waals surface area contributed by atoms with E-state index in [2.05, 4.69) is 0 Å². The molecule has 0 spiro atoms. The number of rotatable bonds is 2. The van der Waals surface area contributed by atoms with Gasteiger partial charge >= 0.3 is 0 Å². The van der Waals surface area contributed by atoms with E-state index in [1.54, 1.807) is 0 Å². The minimum atomic E-state index is 0.0492. The van der Waals surface area contributed by atoms with Gasteiger partial charge in [-0.15, -0.1) is 0 Å². The SMILES string of the molecule is O=C1CCN(CC2CCCC2)C(=O)C1. The van der Waals surface area contributed by atoms with Gasteiger partial charge in [0.2, 0.25) is 5.91 Å². The predicted octanol–water partition coefficient (Wildman–Crippen LogP) is 1.37. The third-order valence-electron chi connectivity index (χ3n) is 3.31. The highest BCUT2D eigenvalue weighted by atomic mass is 16.2. The van der Waals surface area contributed by atoms with E-state index < -0.39 is 0 Å². The summed E-state index contributed by atoms with van der Waals surface area (Å²) in [6, 6.07) is 0. The molecule has 1 saturated heterocycles. The zero-order valence-electron chi connectivity index (χ0n) is 8.50. The maximum atomic E-state index is 11.5. The van der Waals surface area contributed by atoms with Crippen LogP contribution in [-0.4, -0.2) is 29.7 Å². The van der Waals surface area contributed by atoms with Crippen molar-refractivity contribution >= 4 is 11.7 Å². The second-order valence-electron chi connectivity index (χ2n) is 4.46. The van der Waals surface area contributed by atoms with Crippen LogP contribution < -0.4 is 0 Å². The molecule has 3 heteroatoms. The first-order valence-electron chi connectivity index (χ1n) is 5.55. The molecule has 0 aromatic rings. The second-order valence-corrected chi connectivity index (χ2v) is 4.46. The Kier molecular flexibility index (Phi) is 2.85. The van der Waals surface area contributed by atoms with E-state index in [4.69, 9.17) is 0 Å². The molecule has 2 fully saturated rings. The monoisotopic (exact) mass is 195 g/mol. The van der Waals surface area contributed by atoms with Crippen molar-refractivity contribution in [2.75, 3.05) is 13.1 Å². The maximum Gasteiger partial charge on any atom is 0.230 e. The van der Waals surface area contributed by atoms with Crippen LogP contribution >= 0.6 is 0 Å². The Bertz CT molecular complexity index is 244. The van der Waals surface area contributed by atoms with Gasteiger partial charge in [-0.25, -0.2) is 0 Å². The Labute approximate surface area is 84.5 Å². The molecule has 0 bridgehead atoms. The van der Waals surface area contributed by atoms with E-state index in [1.807, 2.05) is 4.90 Å². The van der Waals surface area contributed by atoms with E-state index >= 15 is 0 Å². The highest BCUT2D eigenvalue weighted by Gasteiger charge is 2.26. The van der Waals surface area contributed by atoms with Crippen molar-refractivity contribution in [3.8, 4) is 0 Å². The minimum absolute atomic E-state index is 0.0492. The zero-order valence-corrected chi connectivity index (χ0v) is 8.50. The summed E-state index contributed by atoms with van der Waals surface area (Å²) < 4.78 is 0. The van der Waals surface area contributed by atoms with Crippen LogP contribution in [0.4, 0.5) is 0 Å². The van der Waals surface area contributed by atoms with Crippen LogP contribution in [0, 0.1) is 5.92 Å². The molecule has 0 aromatic heterocycles. The lowest BCUT2D eigenvalue weighted by Crippen LogP contribution is -2.41. The van der Waals surface area contributed by atoms with Crippen LogP contribution in [0.3, 0.4) is 0 Å². The standard InChI is InChI=1S/C11H17NO2/c13-10-5-6-12(11(14)7-10)8-9-3-1-2-4-9/h9H,1-8H2. The summed E-state index contributed by atoms with van der Waals surface area (Å²) in [6.45, 7) is 1.56. The molecule has 1 heterocycles. The first-order chi connectivity index (χ1) is 6.75. The Hall–Kier alpha value is -0.860. The van der Waals surface area contributed by atoms with Crippen LogP contribution in [-0.2, 0) is 9.59 Å². The van der Waals surface area contributed by atoms with Gasteiger partial charge in [-0.05, 0) is 18.8 Å². The number of Topliss-reactive ketones (excluding diaryl/α,β-unsaturated/α-hetero) is 1. The molecule has 2 rings (SSSR count). The number of carbonyl (C=O) groups is 2. The Morgan fingerprint density at radius 1 is 1.21 bits per heavy atom. The fraction of sp³-hybridized carbons (Fsp3) is 0.818. The summed E-state index contributed by atoms with van der Waals surface area (Å²) >= 11 is 0. The normalized spacial score (nSPS) is 24.7. The first kappa shape index (κ1) is 9.69. The quantitative estimate of drug-likeness (QED) is 0.624. The molecule has 0 atom stereocenters. The summed E-state index contributed by atoms with van der Waals surface area (Å²) in [5.41, 5.74) is 0. The molecule has 78 valence electrons. The van der Waals surface area contributed by atoms with Gasteiger partial charge in [0, 0.05) is 19.5 Å². The molecular weight excluding hydrogens is 178 g/mol. The van der Waals surface area contributed by atoms with Gasteiger partial charge in [0.05, 0.1) is 6.42 Å². The molecule has 1 aliphatic carbocycles. The van der Waals surface area contributed by atoms with Crippen molar-refractivity contribution < 1.29 is 9.59 Å². The van der Waals surface area contributed by atoms with Gasteiger partial charge < -0.3 is 4.90 Å². The summed E-state index contributed by atoms with van der Waals surface area (Å²) in [5, 5.41) is 0. The molecule has 0 N–H and O–H groups in total. The number of amides is 1. The highest BCUT2D eigenvalue weighted by molar-refractivity contribution is 6.00. The second kappa shape index (κ2) is 4.11. The van der Waals surface area contributed by atoms with E-state index in [-0.39, 0.29) is 18.1 Å². The molecule has 0 unspecified atom stereocenters. The fourth-order valence-electron chi connectivity index (χ4n) is 2.45. The third kappa shape index (κ3) is 2.14.